The molecule has 32 heavy (non-hydrogen) atoms. The molecule has 1 atom stereocenters. The molecule has 4 N–H and O–H groups in total. The van der Waals surface area contributed by atoms with Crippen LogP contribution in [-0.2, 0) is 19.5 Å². The number of hydrogen-bond donors (Lipinski definition) is 2. The molecule has 0 unspecified atom stereocenters. The van der Waals surface area contributed by atoms with Gasteiger partial charge in [-0.2, -0.15) is 0 Å². The van der Waals surface area contributed by atoms with Crippen molar-refractivity contribution in [2.45, 2.75) is 17.9 Å². The molecule has 0 radical (unpaired) electrons. The summed E-state index contributed by atoms with van der Waals surface area (Å²) in [4.78, 5) is 22.2. The van der Waals surface area contributed by atoms with Gasteiger partial charge in [-0.3, -0.25) is 4.57 Å². The third-order valence-corrected chi connectivity index (χ3v) is 5.76. The second-order valence-electron chi connectivity index (χ2n) is 7.19. The Morgan fingerprint density at radius 2 is 1.72 bits per heavy atom. The molecule has 4 aromatic rings. The molecule has 0 aliphatic rings. The average Bonchev–Trinajstić information content (AvgIpc) is 3.02. The maximum absolute atomic E-state index is 13.0. The van der Waals surface area contributed by atoms with Gasteiger partial charge in [0.1, 0.15) is 23.0 Å². The van der Waals surface area contributed by atoms with E-state index in [0.717, 1.165) is 0 Å². The van der Waals surface area contributed by atoms with Gasteiger partial charge in [-0.25, -0.2) is 28.3 Å². The summed E-state index contributed by atoms with van der Waals surface area (Å²) in [6, 6.07) is 12.9. The molecule has 0 aliphatic heterocycles. The highest BCUT2D eigenvalue weighted by molar-refractivity contribution is 7.89. The Labute approximate surface area is 183 Å². The number of nitrogen functional groups attached to an aromatic ring is 1. The number of esters is 1. The lowest BCUT2D eigenvalue weighted by atomic mass is 10.2. The fraction of sp³-hybridized carbons (Fsp3) is 0.190. The normalized spacial score (nSPS) is 12.8. The highest BCUT2D eigenvalue weighted by Crippen LogP contribution is 2.32. The van der Waals surface area contributed by atoms with E-state index in [-0.39, 0.29) is 28.4 Å². The molecule has 166 valence electrons. The molecule has 0 amide bonds. The van der Waals surface area contributed by atoms with Crippen molar-refractivity contribution in [2.24, 2.45) is 5.14 Å². The number of ether oxygens (including phenoxy) is 2. The first kappa shape index (κ1) is 21.7. The number of rotatable bonds is 6. The van der Waals surface area contributed by atoms with Crippen molar-refractivity contribution in [3.8, 4) is 5.69 Å². The minimum atomic E-state index is -3.86. The first-order valence-electron chi connectivity index (χ1n) is 9.60. The Bertz CT molecular complexity index is 1430. The zero-order valence-electron chi connectivity index (χ0n) is 17.3. The van der Waals surface area contributed by atoms with E-state index in [1.165, 1.54) is 35.9 Å². The number of sulfonamides is 1. The summed E-state index contributed by atoms with van der Waals surface area (Å²) < 4.78 is 35.2. The average molecular weight is 455 g/mol. The van der Waals surface area contributed by atoms with Crippen LogP contribution in [0, 0.1) is 0 Å². The van der Waals surface area contributed by atoms with Gasteiger partial charge in [-0.15, -0.1) is 0 Å². The van der Waals surface area contributed by atoms with Crippen LogP contribution in [0.4, 0.5) is 5.82 Å². The van der Waals surface area contributed by atoms with Gasteiger partial charge in [0.05, 0.1) is 22.5 Å². The van der Waals surface area contributed by atoms with Crippen molar-refractivity contribution in [1.82, 2.24) is 14.5 Å². The molecule has 2 aromatic carbocycles. The molecule has 4 rings (SSSR count). The van der Waals surface area contributed by atoms with Crippen LogP contribution >= 0.6 is 0 Å². The van der Waals surface area contributed by atoms with E-state index in [2.05, 4.69) is 9.97 Å². The molecule has 0 spiro atoms. The summed E-state index contributed by atoms with van der Waals surface area (Å²) >= 11 is 0. The van der Waals surface area contributed by atoms with Crippen LogP contribution in [0.1, 0.15) is 17.3 Å². The van der Waals surface area contributed by atoms with Crippen LogP contribution in [0.5, 0.6) is 0 Å². The summed E-state index contributed by atoms with van der Waals surface area (Å²) in [5.74, 6) is -0.602. The molecule has 10 nitrogen and oxygen atoms in total. The van der Waals surface area contributed by atoms with Crippen molar-refractivity contribution in [1.29, 1.82) is 0 Å². The first-order chi connectivity index (χ1) is 15.2. The number of hydrogen-bond acceptors (Lipinski definition) is 8. The van der Waals surface area contributed by atoms with Crippen molar-refractivity contribution >= 4 is 44.0 Å². The molecule has 2 aromatic heterocycles. The molecule has 0 fully saturated rings. The Hall–Kier alpha value is -3.54. The molecule has 0 saturated heterocycles. The summed E-state index contributed by atoms with van der Waals surface area (Å²) in [7, 11) is -2.36. The highest BCUT2D eigenvalue weighted by Gasteiger charge is 2.27. The van der Waals surface area contributed by atoms with E-state index in [9.17, 15) is 13.2 Å². The number of fused-ring (bicyclic) bond motifs is 2. The fourth-order valence-corrected chi connectivity index (χ4v) is 3.93. The second-order valence-corrected chi connectivity index (χ2v) is 8.75. The number of primary sulfonamides is 1. The van der Waals surface area contributed by atoms with Gasteiger partial charge in [0.15, 0.2) is 5.65 Å². The van der Waals surface area contributed by atoms with E-state index in [1.807, 2.05) is 12.1 Å². The quantitative estimate of drug-likeness (QED) is 0.419. The van der Waals surface area contributed by atoms with Gasteiger partial charge in [0.25, 0.3) is 0 Å². The van der Waals surface area contributed by atoms with Crippen LogP contribution in [0.2, 0.25) is 0 Å². The van der Waals surface area contributed by atoms with E-state index in [1.54, 1.807) is 19.1 Å². The number of methoxy groups -OCH3 is 1. The van der Waals surface area contributed by atoms with Gasteiger partial charge in [-0.1, -0.05) is 12.1 Å². The third-order valence-electron chi connectivity index (χ3n) is 4.83. The smallest absolute Gasteiger partial charge is 0.344 e. The molecule has 2 heterocycles. The van der Waals surface area contributed by atoms with Gasteiger partial charge in [-0.05, 0) is 43.3 Å². The van der Waals surface area contributed by atoms with E-state index in [4.69, 9.17) is 20.3 Å². The van der Waals surface area contributed by atoms with Gasteiger partial charge >= 0.3 is 5.97 Å². The Kier molecular flexibility index (Phi) is 5.55. The number of nitrogens with zero attached hydrogens (tertiary/aromatic N) is 3. The Morgan fingerprint density at radius 1 is 1.09 bits per heavy atom. The van der Waals surface area contributed by atoms with Gasteiger partial charge in [0.2, 0.25) is 10.0 Å². The Morgan fingerprint density at radius 3 is 2.31 bits per heavy atom. The predicted molar refractivity (Wildman–Crippen MR) is 119 cm³/mol. The van der Waals surface area contributed by atoms with Crippen LogP contribution in [0.25, 0.3) is 27.9 Å². The minimum absolute atomic E-state index is 0.0548. The molecule has 0 saturated carbocycles. The topological polar surface area (TPSA) is 152 Å². The van der Waals surface area contributed by atoms with E-state index >= 15 is 0 Å². The van der Waals surface area contributed by atoms with E-state index in [0.29, 0.717) is 22.4 Å². The number of anilines is 1. The zero-order valence-corrected chi connectivity index (χ0v) is 18.2. The van der Waals surface area contributed by atoms with Gasteiger partial charge in [0, 0.05) is 12.8 Å². The number of benzene rings is 2. The lowest BCUT2D eigenvalue weighted by Crippen LogP contribution is -2.20. The van der Waals surface area contributed by atoms with Crippen molar-refractivity contribution in [3.63, 3.8) is 0 Å². The lowest BCUT2D eigenvalue weighted by Gasteiger charge is -2.12. The number of carbonyl (C=O) groups excluding carboxylic acids is 1. The SMILES string of the molecule is COC[C@H](C)OC(=O)c1c(N)n(-c2ccc(S(N)(=O)=O)cc2)c2nc3ccccc3nc12. The van der Waals surface area contributed by atoms with E-state index < -0.39 is 22.1 Å². The van der Waals surface area contributed by atoms with Crippen LogP contribution in [0.15, 0.2) is 53.4 Å². The number of carbonyl (C=O) groups is 1. The fourth-order valence-electron chi connectivity index (χ4n) is 3.42. The van der Waals surface area contributed by atoms with Crippen molar-refractivity contribution in [2.75, 3.05) is 19.5 Å². The maximum Gasteiger partial charge on any atom is 0.344 e. The number of aromatic nitrogens is 3. The summed E-state index contributed by atoms with van der Waals surface area (Å²) in [5, 5.41) is 5.19. The highest BCUT2D eigenvalue weighted by atomic mass is 32.2. The lowest BCUT2D eigenvalue weighted by molar-refractivity contribution is 0.0123. The molecule has 0 aliphatic carbocycles. The van der Waals surface area contributed by atoms with Crippen molar-refractivity contribution in [3.05, 3.63) is 54.1 Å². The predicted octanol–water partition coefficient (Wildman–Crippen LogP) is 2.00. The number of nitrogens with two attached hydrogens (primary N) is 2. The zero-order chi connectivity index (χ0) is 23.0. The Balaban J connectivity index is 1.95. The molecule has 11 heteroatoms. The van der Waals surface area contributed by atoms with Crippen molar-refractivity contribution < 1.29 is 22.7 Å². The third kappa shape index (κ3) is 3.88. The first-order valence-corrected chi connectivity index (χ1v) is 11.1. The largest absolute Gasteiger partial charge is 0.456 e. The maximum atomic E-state index is 13.0. The summed E-state index contributed by atoms with van der Waals surface area (Å²) in [5.41, 5.74) is 8.73. The molecular weight excluding hydrogens is 434 g/mol. The molecule has 0 bridgehead atoms. The van der Waals surface area contributed by atoms with Crippen LogP contribution < -0.4 is 10.9 Å². The summed E-state index contributed by atoms with van der Waals surface area (Å²) in [6.45, 7) is 1.91. The van der Waals surface area contributed by atoms with Crippen LogP contribution in [-0.4, -0.2) is 48.7 Å². The standard InChI is InChI=1S/C21H21N5O5S/c1-12(11-30-2)31-21(27)17-18-20(25-16-6-4-3-5-15(16)24-18)26(19(17)22)13-7-9-14(10-8-13)32(23,28)29/h3-10,12H,11,22H2,1-2H3,(H2,23,28,29)/t12-/m0/s1. The second kappa shape index (κ2) is 8.19. The van der Waals surface area contributed by atoms with Crippen LogP contribution in [0.3, 0.4) is 0 Å². The monoisotopic (exact) mass is 455 g/mol. The summed E-state index contributed by atoms with van der Waals surface area (Å²) in [6.07, 6.45) is -0.507. The minimum Gasteiger partial charge on any atom is -0.456 e. The van der Waals surface area contributed by atoms with Gasteiger partial charge < -0.3 is 15.2 Å². The molecular formula is C21H21N5O5S. The number of para-hydroxylation sites is 2.